The SMILES string of the molecule is CC(C)[C@H](N[C@H](CCc1ccccc1)n1cncc1CC(N)C(=O)OCc1ccccc1)C(=O)OC(C)(C)C. The van der Waals surface area contributed by atoms with Gasteiger partial charge in [-0.05, 0) is 50.7 Å². The number of nitrogens with zero attached hydrogens (tertiary/aromatic N) is 2. The molecule has 1 unspecified atom stereocenters. The molecule has 0 aliphatic heterocycles. The number of carbonyl (C=O) groups excluding carboxylic acids is 2. The van der Waals surface area contributed by atoms with E-state index in [2.05, 4.69) is 22.4 Å². The van der Waals surface area contributed by atoms with Gasteiger partial charge >= 0.3 is 11.9 Å². The minimum atomic E-state index is -0.856. The molecule has 8 heteroatoms. The molecule has 8 nitrogen and oxygen atoms in total. The van der Waals surface area contributed by atoms with Crippen LogP contribution in [0, 0.1) is 5.92 Å². The molecule has 0 fully saturated rings. The molecule has 0 radical (unpaired) electrons. The Morgan fingerprint density at radius 3 is 2.18 bits per heavy atom. The number of nitrogens with one attached hydrogen (secondary N) is 1. The van der Waals surface area contributed by atoms with Crippen LogP contribution >= 0.6 is 0 Å². The van der Waals surface area contributed by atoms with Crippen molar-refractivity contribution in [3.8, 4) is 0 Å². The molecule has 0 amide bonds. The average molecular weight is 535 g/mol. The topological polar surface area (TPSA) is 108 Å². The van der Waals surface area contributed by atoms with E-state index in [-0.39, 0.29) is 31.1 Å². The van der Waals surface area contributed by atoms with Gasteiger partial charge in [0.25, 0.3) is 0 Å². The second kappa shape index (κ2) is 14.1. The molecule has 0 aliphatic rings. The average Bonchev–Trinajstić information content (AvgIpc) is 3.35. The number of ether oxygens (including phenoxy) is 2. The second-order valence-corrected chi connectivity index (χ2v) is 11.2. The molecular weight excluding hydrogens is 492 g/mol. The molecule has 0 saturated carbocycles. The largest absolute Gasteiger partial charge is 0.460 e. The maximum atomic E-state index is 13.1. The summed E-state index contributed by atoms with van der Waals surface area (Å²) in [6.45, 7) is 9.73. The molecule has 0 saturated heterocycles. The summed E-state index contributed by atoms with van der Waals surface area (Å²) in [5.74, 6) is -0.791. The highest BCUT2D eigenvalue weighted by Crippen LogP contribution is 2.21. The molecule has 3 rings (SSSR count). The molecule has 210 valence electrons. The van der Waals surface area contributed by atoms with E-state index in [1.165, 1.54) is 5.56 Å². The van der Waals surface area contributed by atoms with Gasteiger partial charge in [-0.15, -0.1) is 0 Å². The van der Waals surface area contributed by atoms with Crippen LogP contribution in [0.2, 0.25) is 0 Å². The van der Waals surface area contributed by atoms with Crippen molar-refractivity contribution in [3.63, 3.8) is 0 Å². The number of imidazole rings is 1. The molecule has 1 aromatic heterocycles. The van der Waals surface area contributed by atoms with Gasteiger partial charge in [0.1, 0.15) is 24.3 Å². The minimum Gasteiger partial charge on any atom is -0.460 e. The van der Waals surface area contributed by atoms with E-state index in [4.69, 9.17) is 15.2 Å². The lowest BCUT2D eigenvalue weighted by Crippen LogP contribution is -2.47. The van der Waals surface area contributed by atoms with Crippen molar-refractivity contribution in [1.82, 2.24) is 14.9 Å². The number of aryl methyl sites for hydroxylation is 1. The fraction of sp³-hybridized carbons (Fsp3) is 0.452. The van der Waals surface area contributed by atoms with Crippen LogP contribution < -0.4 is 11.1 Å². The summed E-state index contributed by atoms with van der Waals surface area (Å²) < 4.78 is 13.1. The molecular formula is C31H42N4O4. The standard InChI is InChI=1S/C31H42N4O4/c1-22(2)28(30(37)39-31(3,4)5)34-27(17-16-23-12-8-6-9-13-23)35-21-33-19-25(35)18-26(32)29(36)38-20-24-14-10-7-11-15-24/h6-15,19,21-22,26-28,34H,16-18,20,32H2,1-5H3/t26?,27-,28-/m0/s1. The number of rotatable bonds is 13. The van der Waals surface area contributed by atoms with Crippen molar-refractivity contribution in [2.45, 2.75) is 84.3 Å². The first kappa shape index (κ1) is 30.1. The van der Waals surface area contributed by atoms with E-state index >= 15 is 0 Å². The van der Waals surface area contributed by atoms with E-state index in [1.807, 2.05) is 87.7 Å². The quantitative estimate of drug-likeness (QED) is 0.309. The Bertz CT molecular complexity index is 1170. The first-order valence-corrected chi connectivity index (χ1v) is 13.5. The maximum Gasteiger partial charge on any atom is 0.323 e. The first-order chi connectivity index (χ1) is 18.5. The highest BCUT2D eigenvalue weighted by Gasteiger charge is 2.31. The molecule has 39 heavy (non-hydrogen) atoms. The van der Waals surface area contributed by atoms with Crippen LogP contribution in [-0.2, 0) is 38.5 Å². The second-order valence-electron chi connectivity index (χ2n) is 11.2. The number of esters is 2. The highest BCUT2D eigenvalue weighted by molar-refractivity contribution is 5.76. The number of aromatic nitrogens is 2. The van der Waals surface area contributed by atoms with E-state index in [0.717, 1.165) is 17.7 Å². The predicted molar refractivity (Wildman–Crippen MR) is 152 cm³/mol. The van der Waals surface area contributed by atoms with Gasteiger partial charge in [-0.2, -0.15) is 0 Å². The fourth-order valence-electron chi connectivity index (χ4n) is 4.27. The van der Waals surface area contributed by atoms with Crippen molar-refractivity contribution >= 4 is 11.9 Å². The highest BCUT2D eigenvalue weighted by atomic mass is 16.6. The van der Waals surface area contributed by atoms with Crippen LogP contribution in [0.1, 0.15) is 64.0 Å². The molecule has 1 heterocycles. The van der Waals surface area contributed by atoms with Crippen LogP contribution in [0.25, 0.3) is 0 Å². The number of carbonyl (C=O) groups is 2. The van der Waals surface area contributed by atoms with Crippen LogP contribution in [0.4, 0.5) is 0 Å². The Kier molecular flexibility index (Phi) is 10.8. The summed E-state index contributed by atoms with van der Waals surface area (Å²) in [6.07, 6.45) is 4.85. The van der Waals surface area contributed by atoms with Crippen molar-refractivity contribution < 1.29 is 19.1 Å². The number of nitrogens with two attached hydrogens (primary N) is 1. The van der Waals surface area contributed by atoms with Crippen molar-refractivity contribution in [2.24, 2.45) is 11.7 Å². The summed E-state index contributed by atoms with van der Waals surface area (Å²) in [5.41, 5.74) is 8.52. The third-order valence-corrected chi connectivity index (χ3v) is 6.29. The van der Waals surface area contributed by atoms with Gasteiger partial charge in [-0.3, -0.25) is 14.9 Å². The normalized spacial score (nSPS) is 14.0. The van der Waals surface area contributed by atoms with Gasteiger partial charge in [-0.1, -0.05) is 74.5 Å². The zero-order valence-corrected chi connectivity index (χ0v) is 23.7. The number of hydrogen-bond donors (Lipinski definition) is 2. The van der Waals surface area contributed by atoms with Gasteiger partial charge in [-0.25, -0.2) is 4.98 Å². The Hall–Kier alpha value is -3.49. The van der Waals surface area contributed by atoms with Crippen LogP contribution in [0.3, 0.4) is 0 Å². The molecule has 3 aromatic rings. The summed E-state index contributed by atoms with van der Waals surface area (Å²) in [5, 5.41) is 3.53. The molecule has 0 spiro atoms. The monoisotopic (exact) mass is 534 g/mol. The molecule has 0 aliphatic carbocycles. The van der Waals surface area contributed by atoms with Gasteiger partial charge in [0.05, 0.1) is 12.5 Å². The van der Waals surface area contributed by atoms with E-state index in [1.54, 1.807) is 12.5 Å². The Balaban J connectivity index is 1.77. The van der Waals surface area contributed by atoms with Gasteiger partial charge in [0, 0.05) is 18.3 Å². The fourth-order valence-corrected chi connectivity index (χ4v) is 4.27. The summed E-state index contributed by atoms with van der Waals surface area (Å²) in [4.78, 5) is 30.2. The molecule has 0 bridgehead atoms. The zero-order valence-electron chi connectivity index (χ0n) is 23.7. The van der Waals surface area contributed by atoms with Crippen molar-refractivity contribution in [2.75, 3.05) is 0 Å². The number of hydrogen-bond acceptors (Lipinski definition) is 7. The van der Waals surface area contributed by atoms with Gasteiger partial charge in [0.2, 0.25) is 0 Å². The van der Waals surface area contributed by atoms with Crippen LogP contribution in [0.15, 0.2) is 73.2 Å². The molecule has 3 N–H and O–H groups in total. The lowest BCUT2D eigenvalue weighted by Gasteiger charge is -2.31. The lowest BCUT2D eigenvalue weighted by molar-refractivity contribution is -0.159. The van der Waals surface area contributed by atoms with Gasteiger partial charge in [0.15, 0.2) is 0 Å². The van der Waals surface area contributed by atoms with Crippen LogP contribution in [-0.4, -0.2) is 39.2 Å². The van der Waals surface area contributed by atoms with Crippen molar-refractivity contribution in [3.05, 3.63) is 90.0 Å². The lowest BCUT2D eigenvalue weighted by atomic mass is 10.0. The zero-order chi connectivity index (χ0) is 28.4. The maximum absolute atomic E-state index is 13.1. The summed E-state index contributed by atoms with van der Waals surface area (Å²) in [7, 11) is 0. The molecule has 2 aromatic carbocycles. The Morgan fingerprint density at radius 2 is 1.59 bits per heavy atom. The van der Waals surface area contributed by atoms with Crippen molar-refractivity contribution in [1.29, 1.82) is 0 Å². The summed E-state index contributed by atoms with van der Waals surface area (Å²) >= 11 is 0. The minimum absolute atomic E-state index is 0.0127. The van der Waals surface area contributed by atoms with Crippen LogP contribution in [0.5, 0.6) is 0 Å². The smallest absolute Gasteiger partial charge is 0.323 e. The number of benzene rings is 2. The summed E-state index contributed by atoms with van der Waals surface area (Å²) in [6, 6.07) is 18.3. The predicted octanol–water partition coefficient (Wildman–Crippen LogP) is 4.58. The third kappa shape index (κ3) is 9.64. The Labute approximate surface area is 231 Å². The third-order valence-electron chi connectivity index (χ3n) is 6.29. The Morgan fingerprint density at radius 1 is 0.974 bits per heavy atom. The van der Waals surface area contributed by atoms with E-state index < -0.39 is 23.7 Å². The van der Waals surface area contributed by atoms with Gasteiger partial charge < -0.3 is 19.8 Å². The van der Waals surface area contributed by atoms with E-state index in [9.17, 15) is 9.59 Å². The van der Waals surface area contributed by atoms with E-state index in [0.29, 0.717) is 6.42 Å². The first-order valence-electron chi connectivity index (χ1n) is 13.5. The molecule has 3 atom stereocenters.